The van der Waals surface area contributed by atoms with Gasteiger partial charge in [-0.2, -0.15) is 0 Å². The second-order valence-corrected chi connectivity index (χ2v) is 5.33. The molecule has 110 valence electrons. The van der Waals surface area contributed by atoms with Gasteiger partial charge in [-0.15, -0.1) is 0 Å². The van der Waals surface area contributed by atoms with Crippen molar-refractivity contribution in [2.24, 2.45) is 0 Å². The van der Waals surface area contributed by atoms with Crippen LogP contribution in [0, 0.1) is 0 Å². The second kappa shape index (κ2) is 6.75. The molecular weight excluding hydrogens is 250 g/mol. The van der Waals surface area contributed by atoms with E-state index in [0.29, 0.717) is 6.04 Å². The van der Waals surface area contributed by atoms with Crippen LogP contribution in [0.5, 0.6) is 0 Å². The van der Waals surface area contributed by atoms with Crippen LogP contribution < -0.4 is 10.2 Å². The minimum Gasteiger partial charge on any atom is -0.368 e. The molecule has 1 fully saturated rings. The second-order valence-electron chi connectivity index (χ2n) is 5.33. The highest BCUT2D eigenvalue weighted by molar-refractivity contribution is 5.73. The maximum atomic E-state index is 11.3. The first kappa shape index (κ1) is 14.9. The molecule has 4 nitrogen and oxygen atoms in total. The van der Waals surface area contributed by atoms with Gasteiger partial charge in [-0.1, -0.05) is 19.1 Å². The Morgan fingerprint density at radius 2 is 1.80 bits per heavy atom. The lowest BCUT2D eigenvalue weighted by Gasteiger charge is -2.35. The number of hydrogen-bond donors (Lipinski definition) is 1. The molecule has 0 bridgehead atoms. The molecule has 1 aromatic rings. The van der Waals surface area contributed by atoms with E-state index in [1.54, 1.807) is 6.92 Å². The maximum absolute atomic E-state index is 11.3. The first-order valence-electron chi connectivity index (χ1n) is 7.43. The predicted molar refractivity (Wildman–Crippen MR) is 83.0 cm³/mol. The Bertz CT molecular complexity index is 432. The van der Waals surface area contributed by atoms with Crippen molar-refractivity contribution < 1.29 is 4.79 Å². The van der Waals surface area contributed by atoms with Gasteiger partial charge in [0.05, 0.1) is 0 Å². The number of amides is 1. The highest BCUT2D eigenvalue weighted by Gasteiger charge is 2.18. The van der Waals surface area contributed by atoms with Crippen molar-refractivity contribution in [3.63, 3.8) is 0 Å². The molecule has 1 aromatic carbocycles. The monoisotopic (exact) mass is 275 g/mol. The Labute approximate surface area is 121 Å². The molecule has 4 heteroatoms. The summed E-state index contributed by atoms with van der Waals surface area (Å²) in [6, 6.07) is 9.23. The van der Waals surface area contributed by atoms with E-state index >= 15 is 0 Å². The average Bonchev–Trinajstić information content (AvgIpc) is 2.49. The molecule has 1 amide bonds. The molecule has 0 aliphatic carbocycles. The number of rotatable bonds is 4. The summed E-state index contributed by atoms with van der Waals surface area (Å²) in [6.07, 6.45) is 1.09. The quantitative estimate of drug-likeness (QED) is 0.913. The third-order valence-corrected chi connectivity index (χ3v) is 4.14. The molecule has 0 spiro atoms. The van der Waals surface area contributed by atoms with Crippen molar-refractivity contribution in [2.75, 3.05) is 38.1 Å². The summed E-state index contributed by atoms with van der Waals surface area (Å²) in [4.78, 5) is 15.6. The van der Waals surface area contributed by atoms with Gasteiger partial charge in [0.2, 0.25) is 5.91 Å². The predicted octanol–water partition coefficient (Wildman–Crippen LogP) is 2.03. The molecule has 1 heterocycles. The summed E-state index contributed by atoms with van der Waals surface area (Å²) >= 11 is 0. The van der Waals surface area contributed by atoms with Gasteiger partial charge in [0.1, 0.15) is 0 Å². The van der Waals surface area contributed by atoms with Gasteiger partial charge in [0.25, 0.3) is 0 Å². The van der Waals surface area contributed by atoms with Crippen LogP contribution in [0.15, 0.2) is 24.3 Å². The number of piperazine rings is 1. The van der Waals surface area contributed by atoms with Crippen molar-refractivity contribution in [1.82, 2.24) is 10.2 Å². The molecule has 0 aromatic heterocycles. The molecule has 1 atom stereocenters. The lowest BCUT2D eigenvalue weighted by Crippen LogP contribution is -2.48. The first-order valence-corrected chi connectivity index (χ1v) is 7.43. The zero-order valence-corrected chi connectivity index (χ0v) is 12.7. The summed E-state index contributed by atoms with van der Waals surface area (Å²) in [6.45, 7) is 7.32. The number of nitrogens with zero attached hydrogens (tertiary/aromatic N) is 2. The average molecular weight is 275 g/mol. The van der Waals surface area contributed by atoms with Gasteiger partial charge < -0.3 is 15.1 Å². The number of anilines is 1. The van der Waals surface area contributed by atoms with Gasteiger partial charge in [-0.05, 0) is 31.2 Å². The van der Waals surface area contributed by atoms with E-state index in [2.05, 4.69) is 41.4 Å². The van der Waals surface area contributed by atoms with Crippen molar-refractivity contribution >= 4 is 11.6 Å². The van der Waals surface area contributed by atoms with Crippen LogP contribution >= 0.6 is 0 Å². The van der Waals surface area contributed by atoms with Crippen LogP contribution in [0.3, 0.4) is 0 Å². The third kappa shape index (κ3) is 3.31. The fraction of sp³-hybridized carbons (Fsp3) is 0.562. The molecule has 20 heavy (non-hydrogen) atoms. The molecule has 1 unspecified atom stereocenters. The number of nitrogens with one attached hydrogen (secondary N) is 1. The van der Waals surface area contributed by atoms with E-state index in [1.807, 2.05) is 11.9 Å². The SMILES string of the molecule is CCC(NC)c1ccc(N2CCN(C(C)=O)CC2)cc1. The summed E-state index contributed by atoms with van der Waals surface area (Å²) < 4.78 is 0. The van der Waals surface area contributed by atoms with Crippen LogP contribution in [-0.2, 0) is 4.79 Å². The van der Waals surface area contributed by atoms with Crippen LogP contribution in [0.4, 0.5) is 5.69 Å². The Hall–Kier alpha value is -1.55. The molecular formula is C16H25N3O. The third-order valence-electron chi connectivity index (χ3n) is 4.14. The van der Waals surface area contributed by atoms with E-state index in [1.165, 1.54) is 11.3 Å². The standard InChI is InChI=1S/C16H25N3O/c1-4-16(17-3)14-5-7-15(8-6-14)19-11-9-18(10-12-19)13(2)20/h5-8,16-17H,4,9-12H2,1-3H3. The highest BCUT2D eigenvalue weighted by atomic mass is 16.2. The van der Waals surface area contributed by atoms with Gasteiger partial charge in [-0.3, -0.25) is 4.79 Å². The summed E-state index contributed by atoms with van der Waals surface area (Å²) in [5.74, 6) is 0.180. The van der Waals surface area contributed by atoms with Gasteiger partial charge in [0, 0.05) is 44.8 Å². The van der Waals surface area contributed by atoms with E-state index in [0.717, 1.165) is 32.6 Å². The summed E-state index contributed by atoms with van der Waals surface area (Å²) in [7, 11) is 2.00. The number of hydrogen-bond acceptors (Lipinski definition) is 3. The van der Waals surface area contributed by atoms with Gasteiger partial charge in [-0.25, -0.2) is 0 Å². The van der Waals surface area contributed by atoms with Crippen LogP contribution in [0.2, 0.25) is 0 Å². The number of carbonyl (C=O) groups excluding carboxylic acids is 1. The number of benzene rings is 1. The van der Waals surface area contributed by atoms with E-state index in [9.17, 15) is 4.79 Å². The zero-order valence-electron chi connectivity index (χ0n) is 12.7. The van der Waals surface area contributed by atoms with Gasteiger partial charge in [0.15, 0.2) is 0 Å². The van der Waals surface area contributed by atoms with E-state index in [-0.39, 0.29) is 5.91 Å². The fourth-order valence-corrected chi connectivity index (χ4v) is 2.80. The molecule has 0 radical (unpaired) electrons. The zero-order chi connectivity index (χ0) is 14.5. The number of carbonyl (C=O) groups is 1. The molecule has 0 saturated carbocycles. The Morgan fingerprint density at radius 1 is 1.20 bits per heavy atom. The minimum atomic E-state index is 0.180. The molecule has 1 N–H and O–H groups in total. The Kier molecular flexibility index (Phi) is 5.01. The molecule has 2 rings (SSSR count). The van der Waals surface area contributed by atoms with Crippen LogP contribution in [0.25, 0.3) is 0 Å². The van der Waals surface area contributed by atoms with Crippen LogP contribution in [-0.4, -0.2) is 44.0 Å². The van der Waals surface area contributed by atoms with Crippen molar-refractivity contribution in [3.05, 3.63) is 29.8 Å². The van der Waals surface area contributed by atoms with E-state index < -0.39 is 0 Å². The fourth-order valence-electron chi connectivity index (χ4n) is 2.80. The lowest BCUT2D eigenvalue weighted by molar-refractivity contribution is -0.129. The lowest BCUT2D eigenvalue weighted by atomic mass is 10.0. The van der Waals surface area contributed by atoms with Gasteiger partial charge >= 0.3 is 0 Å². The van der Waals surface area contributed by atoms with Crippen molar-refractivity contribution in [1.29, 1.82) is 0 Å². The highest BCUT2D eigenvalue weighted by Crippen LogP contribution is 2.22. The smallest absolute Gasteiger partial charge is 0.219 e. The topological polar surface area (TPSA) is 35.6 Å². The normalized spacial score (nSPS) is 17.1. The summed E-state index contributed by atoms with van der Waals surface area (Å²) in [5, 5.41) is 3.33. The van der Waals surface area contributed by atoms with E-state index in [4.69, 9.17) is 0 Å². The van der Waals surface area contributed by atoms with Crippen LogP contribution in [0.1, 0.15) is 31.9 Å². The van der Waals surface area contributed by atoms with Crippen molar-refractivity contribution in [3.8, 4) is 0 Å². The molecule has 1 saturated heterocycles. The maximum Gasteiger partial charge on any atom is 0.219 e. The Morgan fingerprint density at radius 3 is 2.25 bits per heavy atom. The Balaban J connectivity index is 1.99. The summed E-state index contributed by atoms with van der Waals surface area (Å²) in [5.41, 5.74) is 2.59. The molecule has 1 aliphatic heterocycles. The van der Waals surface area contributed by atoms with Crippen molar-refractivity contribution in [2.45, 2.75) is 26.3 Å². The first-order chi connectivity index (χ1) is 9.65. The largest absolute Gasteiger partial charge is 0.368 e. The molecule has 1 aliphatic rings. The minimum absolute atomic E-state index is 0.180.